The second-order valence-electron chi connectivity index (χ2n) is 2.46. The van der Waals surface area contributed by atoms with Crippen LogP contribution in [0.5, 0.6) is 0 Å². The van der Waals surface area contributed by atoms with E-state index in [4.69, 9.17) is 0 Å². The van der Waals surface area contributed by atoms with Gasteiger partial charge in [0.1, 0.15) is 5.65 Å². The first kappa shape index (κ1) is 15.6. The van der Waals surface area contributed by atoms with Gasteiger partial charge in [-0.3, -0.25) is 14.8 Å². The molecule has 2 N–H and O–H groups in total. The van der Waals surface area contributed by atoms with Crippen LogP contribution in [0.4, 0.5) is 0 Å². The maximum atomic E-state index is 11.2. The van der Waals surface area contributed by atoms with Gasteiger partial charge in [0.05, 0.1) is 5.39 Å². The van der Waals surface area contributed by atoms with Crippen molar-refractivity contribution in [1.29, 1.82) is 0 Å². The summed E-state index contributed by atoms with van der Waals surface area (Å²) in [7, 11) is 0. The number of aromatic nitrogens is 3. The van der Waals surface area contributed by atoms with E-state index in [2.05, 4.69) is 30.9 Å². The number of hydrogen-bond donors (Lipinski definition) is 2. The Morgan fingerprint density at radius 3 is 2.29 bits per heavy atom. The number of pyridine rings is 1. The first-order valence-corrected chi connectivity index (χ1v) is 6.24. The number of fused-ring (bicyclic) bond motifs is 1. The standard InChI is InChI=1S/C7H4BrN3O2.2C2H6/c8-3-1-4-5(9-2-3)10-7(13)11-6(4)12;2*1-2/h1-2H,(H2,9,10,11,12,13);2*1-2H3. The van der Waals surface area contributed by atoms with Crippen LogP contribution in [0.1, 0.15) is 27.7 Å². The number of rotatable bonds is 0. The molecule has 2 aromatic heterocycles. The minimum absolute atomic E-state index is 0.289. The van der Waals surface area contributed by atoms with Crippen molar-refractivity contribution in [2.45, 2.75) is 27.7 Å². The van der Waals surface area contributed by atoms with Gasteiger partial charge < -0.3 is 0 Å². The Morgan fingerprint density at radius 1 is 1.12 bits per heavy atom. The molecule has 6 heteroatoms. The Hall–Kier alpha value is -1.43. The summed E-state index contributed by atoms with van der Waals surface area (Å²) >= 11 is 3.18. The van der Waals surface area contributed by atoms with E-state index >= 15 is 0 Å². The quantitative estimate of drug-likeness (QED) is 0.784. The maximum Gasteiger partial charge on any atom is 0.327 e. The highest BCUT2D eigenvalue weighted by Crippen LogP contribution is 2.10. The number of H-pyrrole nitrogens is 2. The molecule has 2 rings (SSSR count). The van der Waals surface area contributed by atoms with E-state index in [-0.39, 0.29) is 5.65 Å². The summed E-state index contributed by atoms with van der Waals surface area (Å²) in [6.45, 7) is 8.00. The number of aromatic amines is 2. The normalized spacial score (nSPS) is 8.76. The molecule has 0 aromatic carbocycles. The number of hydrogen-bond acceptors (Lipinski definition) is 3. The maximum absolute atomic E-state index is 11.2. The van der Waals surface area contributed by atoms with Crippen molar-refractivity contribution >= 4 is 27.0 Å². The highest BCUT2D eigenvalue weighted by atomic mass is 79.9. The van der Waals surface area contributed by atoms with Gasteiger partial charge in [0.15, 0.2) is 0 Å². The van der Waals surface area contributed by atoms with E-state index < -0.39 is 11.2 Å². The zero-order valence-corrected chi connectivity index (χ0v) is 11.9. The molecule has 0 spiro atoms. The summed E-state index contributed by atoms with van der Waals surface area (Å²) in [6, 6.07) is 1.59. The minimum atomic E-state index is -0.549. The molecule has 2 heterocycles. The molecule has 0 aliphatic rings. The Morgan fingerprint density at radius 2 is 1.71 bits per heavy atom. The van der Waals surface area contributed by atoms with E-state index in [1.165, 1.54) is 6.20 Å². The van der Waals surface area contributed by atoms with Crippen LogP contribution in [0.2, 0.25) is 0 Å². The van der Waals surface area contributed by atoms with Gasteiger partial charge in [-0.2, -0.15) is 0 Å². The summed E-state index contributed by atoms with van der Waals surface area (Å²) in [5, 5.41) is 0.356. The van der Waals surface area contributed by atoms with Gasteiger partial charge in [-0.1, -0.05) is 27.7 Å². The molecule has 94 valence electrons. The van der Waals surface area contributed by atoms with Crippen molar-refractivity contribution in [1.82, 2.24) is 15.0 Å². The monoisotopic (exact) mass is 301 g/mol. The number of nitrogens with one attached hydrogen (secondary N) is 2. The molecule has 0 aliphatic carbocycles. The summed E-state index contributed by atoms with van der Waals surface area (Å²) in [5.41, 5.74) is -0.697. The van der Waals surface area contributed by atoms with Gasteiger partial charge in [0, 0.05) is 10.7 Å². The molecule has 0 saturated heterocycles. The van der Waals surface area contributed by atoms with E-state index in [0.29, 0.717) is 9.86 Å². The predicted octanol–water partition coefficient (Wildman–Crippen LogP) is 2.43. The second kappa shape index (κ2) is 7.78. The molecule has 0 amide bonds. The third kappa shape index (κ3) is 4.14. The summed E-state index contributed by atoms with van der Waals surface area (Å²) in [4.78, 5) is 30.4. The topological polar surface area (TPSA) is 78.6 Å². The van der Waals surface area contributed by atoms with Crippen LogP contribution in [0.15, 0.2) is 26.3 Å². The molecular formula is C11H16BrN3O2. The van der Waals surface area contributed by atoms with Gasteiger partial charge in [0.25, 0.3) is 5.56 Å². The minimum Gasteiger partial charge on any atom is -0.291 e. The van der Waals surface area contributed by atoms with Gasteiger partial charge >= 0.3 is 5.69 Å². The van der Waals surface area contributed by atoms with Crippen molar-refractivity contribution in [3.8, 4) is 0 Å². The fourth-order valence-corrected chi connectivity index (χ4v) is 1.35. The first-order chi connectivity index (χ1) is 8.16. The highest BCUT2D eigenvalue weighted by molar-refractivity contribution is 9.10. The van der Waals surface area contributed by atoms with Crippen LogP contribution in [-0.4, -0.2) is 15.0 Å². The number of nitrogens with zero attached hydrogens (tertiary/aromatic N) is 1. The van der Waals surface area contributed by atoms with Crippen LogP contribution >= 0.6 is 15.9 Å². The Bertz CT molecular complexity index is 575. The molecule has 2 aromatic rings. The van der Waals surface area contributed by atoms with Crippen molar-refractivity contribution in [3.05, 3.63) is 37.6 Å². The molecule has 17 heavy (non-hydrogen) atoms. The molecule has 0 radical (unpaired) electrons. The molecule has 0 bridgehead atoms. The Balaban J connectivity index is 0.000000581. The van der Waals surface area contributed by atoms with E-state index in [0.717, 1.165) is 0 Å². The average Bonchev–Trinajstić information content (AvgIpc) is 2.35. The fourth-order valence-electron chi connectivity index (χ4n) is 1.02. The van der Waals surface area contributed by atoms with Crippen molar-refractivity contribution in [2.24, 2.45) is 0 Å². The summed E-state index contributed by atoms with van der Waals surface area (Å²) < 4.78 is 0.692. The molecule has 5 nitrogen and oxygen atoms in total. The third-order valence-electron chi connectivity index (χ3n) is 1.56. The lowest BCUT2D eigenvalue weighted by atomic mass is 10.3. The first-order valence-electron chi connectivity index (χ1n) is 5.45. The summed E-state index contributed by atoms with van der Waals surface area (Å²) in [5.74, 6) is 0. The van der Waals surface area contributed by atoms with Gasteiger partial charge in [-0.15, -0.1) is 0 Å². The third-order valence-corrected chi connectivity index (χ3v) is 1.99. The van der Waals surface area contributed by atoms with Crippen molar-refractivity contribution in [2.75, 3.05) is 0 Å². The molecule has 0 unspecified atom stereocenters. The second-order valence-corrected chi connectivity index (χ2v) is 3.37. The number of halogens is 1. The lowest BCUT2D eigenvalue weighted by molar-refractivity contribution is 1.06. The molecule has 0 atom stereocenters. The van der Waals surface area contributed by atoms with Gasteiger partial charge in [0.2, 0.25) is 0 Å². The van der Waals surface area contributed by atoms with Gasteiger partial charge in [-0.05, 0) is 22.0 Å². The van der Waals surface area contributed by atoms with E-state index in [9.17, 15) is 9.59 Å². The fraction of sp³-hybridized carbons (Fsp3) is 0.364. The zero-order chi connectivity index (χ0) is 13.4. The Kier molecular flexibility index (Phi) is 7.13. The largest absolute Gasteiger partial charge is 0.327 e. The molecular weight excluding hydrogens is 286 g/mol. The molecule has 0 aliphatic heterocycles. The molecule has 0 saturated carbocycles. The smallest absolute Gasteiger partial charge is 0.291 e. The van der Waals surface area contributed by atoms with E-state index in [1.807, 2.05) is 27.7 Å². The Labute approximate surface area is 107 Å². The predicted molar refractivity (Wildman–Crippen MR) is 73.4 cm³/mol. The summed E-state index contributed by atoms with van der Waals surface area (Å²) in [6.07, 6.45) is 1.51. The van der Waals surface area contributed by atoms with Crippen LogP contribution in [0, 0.1) is 0 Å². The molecule has 0 fully saturated rings. The van der Waals surface area contributed by atoms with Gasteiger partial charge in [-0.25, -0.2) is 9.78 Å². The van der Waals surface area contributed by atoms with Crippen LogP contribution in [0.3, 0.4) is 0 Å². The SMILES string of the molecule is CC.CC.O=c1[nH]c(=O)c2cc(Br)cnc2[nH]1. The lowest BCUT2D eigenvalue weighted by Gasteiger charge is -1.94. The van der Waals surface area contributed by atoms with Crippen molar-refractivity contribution in [3.63, 3.8) is 0 Å². The van der Waals surface area contributed by atoms with Crippen LogP contribution in [-0.2, 0) is 0 Å². The zero-order valence-electron chi connectivity index (χ0n) is 10.3. The highest BCUT2D eigenvalue weighted by Gasteiger charge is 2.01. The average molecular weight is 302 g/mol. The van der Waals surface area contributed by atoms with Crippen LogP contribution < -0.4 is 11.2 Å². The van der Waals surface area contributed by atoms with E-state index in [1.54, 1.807) is 6.07 Å². The van der Waals surface area contributed by atoms with Crippen LogP contribution in [0.25, 0.3) is 11.0 Å². The van der Waals surface area contributed by atoms with Crippen molar-refractivity contribution < 1.29 is 0 Å². The lowest BCUT2D eigenvalue weighted by Crippen LogP contribution is -2.22.